The van der Waals surface area contributed by atoms with Crippen LogP contribution in [0.5, 0.6) is 11.5 Å². The summed E-state index contributed by atoms with van der Waals surface area (Å²) in [6.07, 6.45) is 1.47. The van der Waals surface area contributed by atoms with Gasteiger partial charge in [0.25, 0.3) is 0 Å². The molecule has 0 spiro atoms. The zero-order valence-electron chi connectivity index (χ0n) is 13.3. The molecule has 0 saturated heterocycles. The van der Waals surface area contributed by atoms with E-state index >= 15 is 0 Å². The second-order valence-electron chi connectivity index (χ2n) is 5.52. The van der Waals surface area contributed by atoms with Crippen LogP contribution >= 0.6 is 11.3 Å². The van der Waals surface area contributed by atoms with Gasteiger partial charge in [0.1, 0.15) is 22.2 Å². The molecule has 1 aliphatic heterocycles. The number of rotatable bonds is 3. The highest BCUT2D eigenvalue weighted by atomic mass is 32.1. The zero-order valence-corrected chi connectivity index (χ0v) is 14.1. The average Bonchev–Trinajstić information content (AvgIpc) is 3.24. The van der Waals surface area contributed by atoms with Gasteiger partial charge in [-0.2, -0.15) is 0 Å². The lowest BCUT2D eigenvalue weighted by molar-refractivity contribution is 0.0739. The maximum absolute atomic E-state index is 13.3. The summed E-state index contributed by atoms with van der Waals surface area (Å²) in [7, 11) is 0. The number of hydrogen-bond acceptors (Lipinski definition) is 5. The molecule has 3 aromatic rings. The smallest absolute Gasteiger partial charge is 0.353 e. The third-order valence-electron chi connectivity index (χ3n) is 3.72. The van der Waals surface area contributed by atoms with E-state index in [9.17, 15) is 14.0 Å². The summed E-state index contributed by atoms with van der Waals surface area (Å²) in [6, 6.07) is 13.8. The monoisotopic (exact) mass is 366 g/mol. The van der Waals surface area contributed by atoms with Crippen LogP contribution in [0.15, 0.2) is 65.7 Å². The van der Waals surface area contributed by atoms with E-state index in [1.807, 2.05) is 0 Å². The van der Waals surface area contributed by atoms with Crippen LogP contribution in [0.1, 0.15) is 25.6 Å². The molecular formula is C20H11FO4S. The summed E-state index contributed by atoms with van der Waals surface area (Å²) < 4.78 is 24.2. The molecule has 6 heteroatoms. The number of carbonyl (C=O) groups is 2. The van der Waals surface area contributed by atoms with Crippen molar-refractivity contribution in [3.8, 4) is 11.5 Å². The molecule has 128 valence electrons. The number of benzene rings is 2. The van der Waals surface area contributed by atoms with Gasteiger partial charge in [-0.1, -0.05) is 18.2 Å². The van der Waals surface area contributed by atoms with Gasteiger partial charge in [-0.25, -0.2) is 9.18 Å². The van der Waals surface area contributed by atoms with Crippen molar-refractivity contribution in [2.45, 2.75) is 0 Å². The minimum atomic E-state index is -0.472. The average molecular weight is 366 g/mol. The highest BCUT2D eigenvalue weighted by Gasteiger charge is 2.28. The molecule has 0 radical (unpaired) electrons. The first-order valence-corrected chi connectivity index (χ1v) is 8.58. The quantitative estimate of drug-likeness (QED) is 0.382. The normalized spacial score (nSPS) is 14.2. The Hall–Kier alpha value is -3.25. The van der Waals surface area contributed by atoms with Crippen molar-refractivity contribution >= 4 is 29.2 Å². The largest absolute Gasteiger partial charge is 0.452 e. The van der Waals surface area contributed by atoms with Crippen molar-refractivity contribution < 1.29 is 23.5 Å². The van der Waals surface area contributed by atoms with Crippen molar-refractivity contribution in [3.63, 3.8) is 0 Å². The maximum Gasteiger partial charge on any atom is 0.353 e. The number of fused-ring (bicyclic) bond motifs is 1. The molecule has 0 atom stereocenters. The fraction of sp³-hybridized carbons (Fsp3) is 0. The first kappa shape index (κ1) is 16.2. The first-order chi connectivity index (χ1) is 12.6. The minimum Gasteiger partial charge on any atom is -0.452 e. The highest BCUT2D eigenvalue weighted by molar-refractivity contribution is 7.12. The van der Waals surface area contributed by atoms with E-state index in [-0.39, 0.29) is 17.3 Å². The molecule has 0 N–H and O–H groups in total. The van der Waals surface area contributed by atoms with Crippen LogP contribution in [-0.2, 0) is 0 Å². The number of halogens is 1. The van der Waals surface area contributed by atoms with Crippen LogP contribution in [0.3, 0.4) is 0 Å². The van der Waals surface area contributed by atoms with E-state index < -0.39 is 11.8 Å². The molecule has 2 heterocycles. The Labute approximate surface area is 152 Å². The summed E-state index contributed by atoms with van der Waals surface area (Å²) in [5.41, 5.74) is 0.883. The van der Waals surface area contributed by atoms with Crippen molar-refractivity contribution in [2.24, 2.45) is 0 Å². The molecule has 0 bridgehead atoms. The van der Waals surface area contributed by atoms with E-state index in [4.69, 9.17) is 9.47 Å². The van der Waals surface area contributed by atoms with Crippen LogP contribution in [0, 0.1) is 5.82 Å². The number of thiophene rings is 1. The fourth-order valence-corrected chi connectivity index (χ4v) is 3.13. The zero-order chi connectivity index (χ0) is 18.1. The molecule has 1 aromatic heterocycles. The number of allylic oxidation sites excluding steroid dienone is 1. The Morgan fingerprint density at radius 1 is 1.12 bits per heavy atom. The van der Waals surface area contributed by atoms with E-state index in [1.54, 1.807) is 35.7 Å². The minimum absolute atomic E-state index is 0.0901. The molecule has 26 heavy (non-hydrogen) atoms. The Bertz CT molecular complexity index is 1040. The van der Waals surface area contributed by atoms with Crippen molar-refractivity contribution in [1.29, 1.82) is 0 Å². The van der Waals surface area contributed by atoms with Gasteiger partial charge in [0.05, 0.1) is 5.56 Å². The Balaban J connectivity index is 1.58. The van der Waals surface area contributed by atoms with Crippen LogP contribution in [0.2, 0.25) is 0 Å². The van der Waals surface area contributed by atoms with E-state index in [1.165, 1.54) is 41.7 Å². The van der Waals surface area contributed by atoms with E-state index in [0.29, 0.717) is 21.8 Å². The number of ether oxygens (including phenoxy) is 2. The standard InChI is InChI=1S/C20H11FO4S/c21-13-4-1-3-12(9-13)10-17-19(22)15-7-6-14(11-16(15)25-17)24-20(23)18-5-2-8-26-18/h1-11H. The lowest BCUT2D eigenvalue weighted by Crippen LogP contribution is -2.06. The van der Waals surface area contributed by atoms with Crippen LogP contribution in [-0.4, -0.2) is 11.8 Å². The number of hydrogen-bond donors (Lipinski definition) is 0. The topological polar surface area (TPSA) is 52.6 Å². The molecule has 2 aromatic carbocycles. The second-order valence-corrected chi connectivity index (χ2v) is 6.47. The van der Waals surface area contributed by atoms with E-state index in [0.717, 1.165) is 0 Å². The van der Waals surface area contributed by atoms with Gasteiger partial charge in [0, 0.05) is 6.07 Å². The molecule has 0 fully saturated rings. The lowest BCUT2D eigenvalue weighted by atomic mass is 10.1. The maximum atomic E-state index is 13.3. The summed E-state index contributed by atoms with van der Waals surface area (Å²) in [6.45, 7) is 0. The predicted molar refractivity (Wildman–Crippen MR) is 95.1 cm³/mol. The van der Waals surface area contributed by atoms with E-state index in [2.05, 4.69) is 0 Å². The van der Waals surface area contributed by atoms with Gasteiger partial charge < -0.3 is 9.47 Å². The number of esters is 1. The van der Waals surface area contributed by atoms with Gasteiger partial charge in [0.2, 0.25) is 5.78 Å². The van der Waals surface area contributed by atoms with Gasteiger partial charge in [-0.15, -0.1) is 11.3 Å². The van der Waals surface area contributed by atoms with Crippen molar-refractivity contribution in [3.05, 3.63) is 87.6 Å². The number of carbonyl (C=O) groups excluding carboxylic acids is 2. The molecule has 4 rings (SSSR count). The fourth-order valence-electron chi connectivity index (χ4n) is 2.53. The first-order valence-electron chi connectivity index (χ1n) is 7.70. The molecule has 4 nitrogen and oxygen atoms in total. The molecular weight excluding hydrogens is 355 g/mol. The van der Waals surface area contributed by atoms with Gasteiger partial charge in [0.15, 0.2) is 5.76 Å². The summed E-state index contributed by atoms with van der Waals surface area (Å²) in [5.74, 6) is -0.506. The van der Waals surface area contributed by atoms with Gasteiger partial charge >= 0.3 is 5.97 Å². The summed E-state index contributed by atoms with van der Waals surface area (Å²) >= 11 is 1.28. The predicted octanol–water partition coefficient (Wildman–Crippen LogP) is 4.72. The molecule has 0 aliphatic carbocycles. The second kappa shape index (κ2) is 6.57. The van der Waals surface area contributed by atoms with Crippen molar-refractivity contribution in [1.82, 2.24) is 0 Å². The summed E-state index contributed by atoms with van der Waals surface area (Å²) in [5, 5.41) is 1.78. The van der Waals surface area contributed by atoms with Gasteiger partial charge in [-0.3, -0.25) is 4.79 Å². The van der Waals surface area contributed by atoms with Crippen molar-refractivity contribution in [2.75, 3.05) is 0 Å². The number of ketones is 1. The molecule has 0 amide bonds. The van der Waals surface area contributed by atoms with Crippen LogP contribution in [0.25, 0.3) is 6.08 Å². The third-order valence-corrected chi connectivity index (χ3v) is 4.57. The lowest BCUT2D eigenvalue weighted by Gasteiger charge is -2.04. The SMILES string of the molecule is O=C(Oc1ccc2c(c1)OC(=Cc1cccc(F)c1)C2=O)c1cccs1. The van der Waals surface area contributed by atoms with Gasteiger partial charge in [-0.05, 0) is 47.4 Å². The molecule has 1 aliphatic rings. The van der Waals surface area contributed by atoms with Crippen LogP contribution < -0.4 is 9.47 Å². The molecule has 0 saturated carbocycles. The molecule has 0 unspecified atom stereocenters. The highest BCUT2D eigenvalue weighted by Crippen LogP contribution is 2.35. The Morgan fingerprint density at radius 3 is 2.77 bits per heavy atom. The Morgan fingerprint density at radius 2 is 2.00 bits per heavy atom. The third kappa shape index (κ3) is 3.14. The van der Waals surface area contributed by atoms with Crippen LogP contribution in [0.4, 0.5) is 4.39 Å². The Kier molecular flexibility index (Phi) is 4.10. The summed E-state index contributed by atoms with van der Waals surface area (Å²) in [4.78, 5) is 24.9. The number of Topliss-reactive ketones (excluding diaryl/α,β-unsaturated/α-hetero) is 1.